The van der Waals surface area contributed by atoms with Crippen LogP contribution in [-0.4, -0.2) is 116 Å². The topological polar surface area (TPSA) is 183 Å². The zero-order valence-electron chi connectivity index (χ0n) is 37.2. The van der Waals surface area contributed by atoms with Gasteiger partial charge in [0.15, 0.2) is 0 Å². The Labute approximate surface area is 385 Å². The van der Waals surface area contributed by atoms with E-state index in [0.717, 1.165) is 61.1 Å². The maximum absolute atomic E-state index is 14.0. The van der Waals surface area contributed by atoms with E-state index in [-0.39, 0.29) is 28.5 Å². The Kier molecular flexibility index (Phi) is 13.5. The average Bonchev–Trinajstić information content (AvgIpc) is 3.73. The second kappa shape index (κ2) is 18.9. The van der Waals surface area contributed by atoms with Gasteiger partial charge in [-0.2, -0.15) is 0 Å². The number of ether oxygens (including phenoxy) is 1. The molecule has 2 aliphatic heterocycles. The summed E-state index contributed by atoms with van der Waals surface area (Å²) in [7, 11) is -6.71. The third-order valence-electron chi connectivity index (χ3n) is 12.8. The first-order valence-electron chi connectivity index (χ1n) is 22.0. The fourth-order valence-corrected chi connectivity index (χ4v) is 11.7. The van der Waals surface area contributed by atoms with Crippen molar-refractivity contribution in [3.05, 3.63) is 117 Å². The summed E-state index contributed by atoms with van der Waals surface area (Å²) in [6.07, 6.45) is 7.70. The van der Waals surface area contributed by atoms with Crippen LogP contribution in [-0.2, 0) is 14.6 Å². The highest BCUT2D eigenvalue weighted by Gasteiger charge is 2.31. The summed E-state index contributed by atoms with van der Waals surface area (Å²) in [5, 5.41) is 16.9. The smallest absolute Gasteiger partial charge is 0.293 e. The molecule has 18 heteroatoms. The number of hydrogen-bond acceptors (Lipinski definition) is 12. The van der Waals surface area contributed by atoms with E-state index in [1.165, 1.54) is 41.1 Å². The fraction of sp³-hybridized carbons (Fsp3) is 0.404. The lowest BCUT2D eigenvalue weighted by Gasteiger charge is -2.39. The molecule has 2 fully saturated rings. The molecule has 3 aromatic carbocycles. The zero-order chi connectivity index (χ0) is 46.1. The highest BCUT2D eigenvalue weighted by atomic mass is 35.5. The van der Waals surface area contributed by atoms with Gasteiger partial charge < -0.3 is 29.4 Å². The summed E-state index contributed by atoms with van der Waals surface area (Å²) in [6, 6.07) is 20.1. The minimum atomic E-state index is -4.60. The van der Waals surface area contributed by atoms with Crippen LogP contribution in [0.3, 0.4) is 0 Å². The number of aromatic amines is 1. The van der Waals surface area contributed by atoms with Crippen molar-refractivity contribution in [1.29, 1.82) is 0 Å². The Morgan fingerprint density at radius 2 is 1.74 bits per heavy atom. The number of carbonyl (C=O) groups excluding carboxylic acids is 1. The minimum Gasteiger partial charge on any atom is -0.455 e. The van der Waals surface area contributed by atoms with Crippen LogP contribution in [0.2, 0.25) is 5.02 Å². The number of H-pyrrole nitrogens is 1. The molecule has 5 aromatic rings. The summed E-state index contributed by atoms with van der Waals surface area (Å²) in [4.78, 5) is 39.5. The monoisotopic (exact) mass is 942 g/mol. The number of nitro groups is 1. The predicted octanol–water partition coefficient (Wildman–Crippen LogP) is 8.93. The molecule has 0 unspecified atom stereocenters. The summed E-state index contributed by atoms with van der Waals surface area (Å²) in [5.41, 5.74) is 5.41. The number of anilines is 2. The summed E-state index contributed by atoms with van der Waals surface area (Å²) < 4.78 is 48.4. The molecule has 4 heterocycles. The Morgan fingerprint density at radius 3 is 2.46 bits per heavy atom. The van der Waals surface area contributed by atoms with Gasteiger partial charge in [0.05, 0.1) is 28.7 Å². The molecule has 0 bridgehead atoms. The fourth-order valence-electron chi connectivity index (χ4n) is 8.98. The lowest BCUT2D eigenvalue weighted by Crippen LogP contribution is -2.47. The molecular weight excluding hydrogens is 887 g/mol. The Morgan fingerprint density at radius 1 is 1.00 bits per heavy atom. The SMILES string of the molecule is C[C@@H](CN1CCP(C)(=O)CC1)Nc1ccc(S(=O)(=O)NC(=O)c2ccc(N3CCN(CC4=C(c5ccc(Cl)cc5)CC(C)(C)CC4)CC3)cc2Oc2cnc3[nH]ccc3c2)cc1[N+](=O)[O-]. The number of rotatable bonds is 14. The van der Waals surface area contributed by atoms with Crippen molar-refractivity contribution in [1.82, 2.24) is 24.5 Å². The predicted molar refractivity (Wildman–Crippen MR) is 258 cm³/mol. The molecule has 1 amide bonds. The van der Waals surface area contributed by atoms with E-state index in [1.807, 2.05) is 31.8 Å². The molecule has 0 radical (unpaired) electrons. The van der Waals surface area contributed by atoms with E-state index in [2.05, 4.69) is 60.7 Å². The molecule has 0 saturated carbocycles. The van der Waals surface area contributed by atoms with Crippen molar-refractivity contribution in [2.75, 3.05) is 81.6 Å². The maximum Gasteiger partial charge on any atom is 0.293 e. The van der Waals surface area contributed by atoms with Gasteiger partial charge in [-0.1, -0.05) is 43.2 Å². The molecule has 65 heavy (non-hydrogen) atoms. The number of aromatic nitrogens is 2. The molecule has 344 valence electrons. The van der Waals surface area contributed by atoms with Crippen molar-refractivity contribution >= 4 is 68.3 Å². The van der Waals surface area contributed by atoms with Crippen molar-refractivity contribution < 1.29 is 27.4 Å². The van der Waals surface area contributed by atoms with Gasteiger partial charge in [0.1, 0.15) is 22.8 Å². The molecule has 2 aromatic heterocycles. The number of fused-ring (bicyclic) bond motifs is 1. The van der Waals surface area contributed by atoms with Crippen LogP contribution >= 0.6 is 18.7 Å². The number of piperazine rings is 1. The van der Waals surface area contributed by atoms with E-state index >= 15 is 0 Å². The summed E-state index contributed by atoms with van der Waals surface area (Å²) >= 11 is 6.25. The van der Waals surface area contributed by atoms with E-state index in [1.54, 1.807) is 24.4 Å². The van der Waals surface area contributed by atoms with Crippen molar-refractivity contribution in [2.45, 2.75) is 51.0 Å². The van der Waals surface area contributed by atoms with Crippen LogP contribution < -0.4 is 19.7 Å². The molecule has 3 N–H and O–H groups in total. The van der Waals surface area contributed by atoms with Gasteiger partial charge in [0, 0.05) is 105 Å². The Bertz CT molecular complexity index is 2780. The molecule has 0 spiro atoms. The minimum absolute atomic E-state index is 0.0502. The van der Waals surface area contributed by atoms with Gasteiger partial charge in [-0.15, -0.1) is 0 Å². The van der Waals surface area contributed by atoms with Crippen LogP contribution in [0.1, 0.15) is 56.0 Å². The number of pyridine rings is 1. The third kappa shape index (κ3) is 11.2. The lowest BCUT2D eigenvalue weighted by molar-refractivity contribution is -0.384. The number of allylic oxidation sites excluding steroid dienone is 1. The second-order valence-electron chi connectivity index (χ2n) is 18.5. The number of benzene rings is 3. The molecular formula is C47H56ClN8O7PS. The first kappa shape index (κ1) is 46.3. The van der Waals surface area contributed by atoms with Crippen LogP contribution in [0.5, 0.6) is 11.5 Å². The van der Waals surface area contributed by atoms with E-state index in [4.69, 9.17) is 16.3 Å². The number of nitrogens with one attached hydrogen (secondary N) is 3. The molecule has 1 atom stereocenters. The number of nitrogens with zero attached hydrogens (tertiary/aromatic N) is 5. The van der Waals surface area contributed by atoms with E-state index in [9.17, 15) is 27.9 Å². The van der Waals surface area contributed by atoms with Gasteiger partial charge in [0.2, 0.25) is 0 Å². The number of sulfonamides is 1. The van der Waals surface area contributed by atoms with E-state index < -0.39 is 38.6 Å². The Balaban J connectivity index is 0.988. The highest BCUT2D eigenvalue weighted by Crippen LogP contribution is 2.44. The number of nitro benzene ring substituents is 1. The van der Waals surface area contributed by atoms with Crippen LogP contribution in [0.15, 0.2) is 95.7 Å². The van der Waals surface area contributed by atoms with E-state index in [0.29, 0.717) is 56.4 Å². The summed E-state index contributed by atoms with van der Waals surface area (Å²) in [6.45, 7) is 14.2. The quantitative estimate of drug-likeness (QED) is 0.0547. The summed E-state index contributed by atoms with van der Waals surface area (Å²) in [5.74, 6) is -0.508. The largest absolute Gasteiger partial charge is 0.455 e. The van der Waals surface area contributed by atoms with Gasteiger partial charge in [0.25, 0.3) is 21.6 Å². The number of amides is 1. The standard InChI is InChI=1S/C47H56ClN8O7PS/c1-32(30-54-21-23-64(4,60)24-22-54)51-42-12-10-39(27-43(42)56(58)59)65(61,62)52-46(57)40-11-9-37(26-44(40)63-38-25-34-14-16-49-45(34)50-29-38)55-19-17-53(18-20-55)31-35-13-15-47(2,3)28-41(35)33-5-7-36(48)8-6-33/h5-12,14,16,25-27,29,32,51H,13,15,17-24,28,30-31H2,1-4H3,(H,49,50)(H,52,57)/t32-/m0/s1. The molecule has 3 aliphatic rings. The Hall–Kier alpha value is -5.25. The van der Waals surface area contributed by atoms with Crippen LogP contribution in [0.25, 0.3) is 16.6 Å². The number of halogens is 1. The van der Waals surface area contributed by atoms with Crippen molar-refractivity contribution in [3.8, 4) is 11.5 Å². The molecule has 15 nitrogen and oxygen atoms in total. The molecule has 1 aliphatic carbocycles. The molecule has 8 rings (SSSR count). The van der Waals surface area contributed by atoms with Crippen LogP contribution in [0.4, 0.5) is 17.1 Å². The van der Waals surface area contributed by atoms with Crippen molar-refractivity contribution in [3.63, 3.8) is 0 Å². The van der Waals surface area contributed by atoms with Gasteiger partial charge in [-0.25, -0.2) is 18.1 Å². The number of carbonyl (C=O) groups is 1. The third-order valence-corrected chi connectivity index (χ3v) is 16.6. The zero-order valence-corrected chi connectivity index (χ0v) is 39.6. The lowest BCUT2D eigenvalue weighted by atomic mass is 9.72. The molecule has 2 saturated heterocycles. The first-order valence-corrected chi connectivity index (χ1v) is 26.4. The van der Waals surface area contributed by atoms with Gasteiger partial charge in [-0.3, -0.25) is 19.8 Å². The highest BCUT2D eigenvalue weighted by molar-refractivity contribution is 7.90. The first-order chi connectivity index (χ1) is 30.9. The average molecular weight is 944 g/mol. The van der Waals surface area contributed by atoms with Crippen LogP contribution in [0, 0.1) is 15.5 Å². The number of hydrogen-bond donors (Lipinski definition) is 3. The second-order valence-corrected chi connectivity index (χ2v) is 24.1. The normalized spacial score (nSPS) is 18.6. The maximum atomic E-state index is 14.0. The van der Waals surface area contributed by atoms with Gasteiger partial charge >= 0.3 is 0 Å². The van der Waals surface area contributed by atoms with Gasteiger partial charge in [-0.05, 0) is 97.9 Å². The van der Waals surface area contributed by atoms with Crippen molar-refractivity contribution in [2.24, 2.45) is 5.41 Å².